The highest BCUT2D eigenvalue weighted by molar-refractivity contribution is 6.31. The van der Waals surface area contributed by atoms with Gasteiger partial charge in [-0.3, -0.25) is 14.4 Å². The van der Waals surface area contributed by atoms with Gasteiger partial charge in [0.05, 0.1) is 23.5 Å². The van der Waals surface area contributed by atoms with Gasteiger partial charge in [-0.05, 0) is 38.5 Å². The Hall–Kier alpha value is -2.05. The summed E-state index contributed by atoms with van der Waals surface area (Å²) >= 11 is 6.23. The third kappa shape index (κ3) is 4.28. The Morgan fingerprint density at radius 2 is 1.96 bits per heavy atom. The van der Waals surface area contributed by atoms with Gasteiger partial charge < -0.3 is 9.64 Å². The maximum absolute atomic E-state index is 12.9. The van der Waals surface area contributed by atoms with E-state index in [-0.39, 0.29) is 11.9 Å². The van der Waals surface area contributed by atoms with Crippen LogP contribution in [-0.4, -0.2) is 58.8 Å². The Morgan fingerprint density at radius 1 is 1.26 bits per heavy atom. The number of benzene rings is 1. The molecule has 7 heteroatoms. The molecule has 1 fully saturated rings. The van der Waals surface area contributed by atoms with Crippen LogP contribution < -0.4 is 4.74 Å². The first-order valence-corrected chi connectivity index (χ1v) is 9.63. The van der Waals surface area contributed by atoms with E-state index < -0.39 is 0 Å². The normalized spacial score (nSPS) is 16.4. The molecule has 1 aromatic carbocycles. The smallest absolute Gasteiger partial charge is 0.247 e. The van der Waals surface area contributed by atoms with E-state index in [1.165, 1.54) is 5.56 Å². The molecule has 3 rings (SSSR count). The summed E-state index contributed by atoms with van der Waals surface area (Å²) in [5, 5.41) is 5.06. The summed E-state index contributed by atoms with van der Waals surface area (Å²) < 4.78 is 7.03. The molecular formula is C20H27ClN4O2. The number of methoxy groups -OCH3 is 1. The molecule has 2 heterocycles. The van der Waals surface area contributed by atoms with Gasteiger partial charge in [-0.2, -0.15) is 5.10 Å². The van der Waals surface area contributed by atoms with Crippen LogP contribution in [0.5, 0.6) is 5.75 Å². The van der Waals surface area contributed by atoms with E-state index >= 15 is 0 Å². The predicted octanol–water partition coefficient (Wildman–Crippen LogP) is 3.07. The Balaban J connectivity index is 1.58. The fourth-order valence-electron chi connectivity index (χ4n) is 3.54. The standard InChI is InChI=1S/C20H27ClN4O2/c1-14-19(21)15(2)25(22-14)16(3)20(26)24-10-8-23(9-11-24)13-17-6-5-7-18(12-17)27-4/h5-7,12,16H,8-11,13H2,1-4H3. The van der Waals surface area contributed by atoms with Crippen LogP contribution >= 0.6 is 11.6 Å². The zero-order valence-electron chi connectivity index (χ0n) is 16.4. The van der Waals surface area contributed by atoms with Gasteiger partial charge in [0.25, 0.3) is 0 Å². The van der Waals surface area contributed by atoms with Crippen molar-refractivity contribution in [2.75, 3.05) is 33.3 Å². The quantitative estimate of drug-likeness (QED) is 0.787. The first kappa shape index (κ1) is 19.7. The number of piperazine rings is 1. The third-order valence-electron chi connectivity index (χ3n) is 5.19. The van der Waals surface area contributed by atoms with E-state index in [0.717, 1.165) is 49.9 Å². The minimum atomic E-state index is -0.346. The molecule has 1 saturated heterocycles. The van der Waals surface area contributed by atoms with Gasteiger partial charge in [0.1, 0.15) is 11.8 Å². The SMILES string of the molecule is COc1cccc(CN2CCN(C(=O)C(C)n3nc(C)c(Cl)c3C)CC2)c1. The number of aryl methyl sites for hydroxylation is 1. The average molecular weight is 391 g/mol. The molecule has 0 spiro atoms. The van der Waals surface area contributed by atoms with Crippen molar-refractivity contribution < 1.29 is 9.53 Å². The molecule has 6 nitrogen and oxygen atoms in total. The average Bonchev–Trinajstić information content (AvgIpc) is 2.95. The van der Waals surface area contributed by atoms with E-state index in [9.17, 15) is 4.79 Å². The van der Waals surface area contributed by atoms with E-state index in [2.05, 4.69) is 22.1 Å². The van der Waals surface area contributed by atoms with Crippen LogP contribution in [-0.2, 0) is 11.3 Å². The highest BCUT2D eigenvalue weighted by atomic mass is 35.5. The largest absolute Gasteiger partial charge is 0.497 e. The van der Waals surface area contributed by atoms with Crippen LogP contribution in [0.2, 0.25) is 5.02 Å². The van der Waals surface area contributed by atoms with Crippen molar-refractivity contribution in [1.82, 2.24) is 19.6 Å². The van der Waals surface area contributed by atoms with E-state index in [0.29, 0.717) is 5.02 Å². The van der Waals surface area contributed by atoms with Gasteiger partial charge in [0.15, 0.2) is 0 Å². The summed E-state index contributed by atoms with van der Waals surface area (Å²) in [7, 11) is 1.68. The van der Waals surface area contributed by atoms with Gasteiger partial charge in [-0.15, -0.1) is 0 Å². The molecular weight excluding hydrogens is 364 g/mol. The van der Waals surface area contributed by atoms with Crippen molar-refractivity contribution in [2.45, 2.75) is 33.4 Å². The van der Waals surface area contributed by atoms with Crippen molar-refractivity contribution in [2.24, 2.45) is 0 Å². The molecule has 0 radical (unpaired) electrons. The highest BCUT2D eigenvalue weighted by Crippen LogP contribution is 2.23. The second-order valence-electron chi connectivity index (χ2n) is 7.06. The van der Waals surface area contributed by atoms with Crippen LogP contribution in [0.1, 0.15) is 29.9 Å². The summed E-state index contributed by atoms with van der Waals surface area (Å²) in [5.74, 6) is 0.969. The molecule has 1 aliphatic rings. The summed E-state index contributed by atoms with van der Waals surface area (Å²) in [6.07, 6.45) is 0. The minimum Gasteiger partial charge on any atom is -0.497 e. The monoisotopic (exact) mass is 390 g/mol. The lowest BCUT2D eigenvalue weighted by molar-refractivity contribution is -0.136. The van der Waals surface area contributed by atoms with Crippen molar-refractivity contribution in [3.63, 3.8) is 0 Å². The number of ether oxygens (including phenoxy) is 1. The van der Waals surface area contributed by atoms with Gasteiger partial charge in [0.2, 0.25) is 5.91 Å². The molecule has 0 N–H and O–H groups in total. The fourth-order valence-corrected chi connectivity index (χ4v) is 3.67. The van der Waals surface area contributed by atoms with Gasteiger partial charge in [0, 0.05) is 32.7 Å². The van der Waals surface area contributed by atoms with Gasteiger partial charge in [-0.25, -0.2) is 0 Å². The highest BCUT2D eigenvalue weighted by Gasteiger charge is 2.28. The van der Waals surface area contributed by atoms with Crippen LogP contribution in [0.3, 0.4) is 0 Å². The number of aromatic nitrogens is 2. The zero-order valence-corrected chi connectivity index (χ0v) is 17.2. The zero-order chi connectivity index (χ0) is 19.6. The van der Waals surface area contributed by atoms with Crippen LogP contribution in [0.25, 0.3) is 0 Å². The van der Waals surface area contributed by atoms with Crippen LogP contribution in [0, 0.1) is 13.8 Å². The summed E-state index contributed by atoms with van der Waals surface area (Å²) in [5.41, 5.74) is 2.82. The first-order valence-electron chi connectivity index (χ1n) is 9.26. The maximum Gasteiger partial charge on any atom is 0.247 e. The predicted molar refractivity (Wildman–Crippen MR) is 106 cm³/mol. The molecule has 2 aromatic rings. The summed E-state index contributed by atoms with van der Waals surface area (Å²) in [6, 6.07) is 7.78. The number of nitrogens with zero attached hydrogens (tertiary/aromatic N) is 4. The van der Waals surface area contributed by atoms with Crippen molar-refractivity contribution in [3.8, 4) is 5.75 Å². The number of rotatable bonds is 5. The minimum absolute atomic E-state index is 0.0956. The Morgan fingerprint density at radius 3 is 2.56 bits per heavy atom. The number of carbonyl (C=O) groups is 1. The number of carbonyl (C=O) groups excluding carboxylic acids is 1. The van der Waals surface area contributed by atoms with E-state index in [1.54, 1.807) is 11.8 Å². The molecule has 146 valence electrons. The van der Waals surface area contributed by atoms with Crippen LogP contribution in [0.15, 0.2) is 24.3 Å². The third-order valence-corrected chi connectivity index (χ3v) is 5.73. The maximum atomic E-state index is 12.9. The molecule has 0 saturated carbocycles. The van der Waals surface area contributed by atoms with Crippen molar-refractivity contribution in [1.29, 1.82) is 0 Å². The lowest BCUT2D eigenvalue weighted by Gasteiger charge is -2.36. The lowest BCUT2D eigenvalue weighted by atomic mass is 10.1. The Kier molecular flexibility index (Phi) is 6.07. The summed E-state index contributed by atoms with van der Waals surface area (Å²) in [4.78, 5) is 17.2. The molecule has 0 aliphatic carbocycles. The van der Waals surface area contributed by atoms with Crippen LogP contribution in [0.4, 0.5) is 0 Å². The number of hydrogen-bond acceptors (Lipinski definition) is 4. The molecule has 1 aliphatic heterocycles. The number of halogens is 1. The van der Waals surface area contributed by atoms with Crippen molar-refractivity contribution in [3.05, 3.63) is 46.2 Å². The fraction of sp³-hybridized carbons (Fsp3) is 0.500. The Bertz CT molecular complexity index is 812. The van der Waals surface area contributed by atoms with E-state index in [1.807, 2.05) is 37.8 Å². The van der Waals surface area contributed by atoms with Crippen molar-refractivity contribution >= 4 is 17.5 Å². The number of hydrogen-bond donors (Lipinski definition) is 0. The second-order valence-corrected chi connectivity index (χ2v) is 7.44. The van der Waals surface area contributed by atoms with Gasteiger partial charge in [-0.1, -0.05) is 23.7 Å². The summed E-state index contributed by atoms with van der Waals surface area (Å²) in [6.45, 7) is 9.67. The topological polar surface area (TPSA) is 50.6 Å². The molecule has 0 bridgehead atoms. The second kappa shape index (κ2) is 8.31. The molecule has 1 aromatic heterocycles. The molecule has 1 unspecified atom stereocenters. The molecule has 27 heavy (non-hydrogen) atoms. The lowest BCUT2D eigenvalue weighted by Crippen LogP contribution is -2.50. The molecule has 1 amide bonds. The Labute approximate surface area is 165 Å². The van der Waals surface area contributed by atoms with E-state index in [4.69, 9.17) is 16.3 Å². The van der Waals surface area contributed by atoms with Gasteiger partial charge >= 0.3 is 0 Å². The molecule has 1 atom stereocenters. The first-order chi connectivity index (χ1) is 12.9. The number of amides is 1.